The number of carbonyl (C=O) groups excluding carboxylic acids is 1. The highest BCUT2D eigenvalue weighted by Gasteiger charge is 2.37. The fraction of sp³-hybridized carbons (Fsp3) is 0.333. The number of amides is 1. The summed E-state index contributed by atoms with van der Waals surface area (Å²) in [5.41, 5.74) is 1.94. The lowest BCUT2D eigenvalue weighted by Crippen LogP contribution is -2.35. The molecule has 3 rings (SSSR count). The Labute approximate surface area is 153 Å². The number of fused-ring (bicyclic) bond motifs is 1. The van der Waals surface area contributed by atoms with Gasteiger partial charge in [-0.2, -0.15) is 4.39 Å². The molecule has 26 heavy (non-hydrogen) atoms. The minimum Gasteiger partial charge on any atom is -0.453 e. The molecule has 1 aliphatic heterocycles. The number of pyridine rings is 1. The van der Waals surface area contributed by atoms with Gasteiger partial charge in [-0.25, -0.2) is 13.8 Å². The molecule has 138 valence electrons. The smallest absolute Gasteiger partial charge is 0.306 e. The van der Waals surface area contributed by atoms with Crippen molar-refractivity contribution in [1.29, 1.82) is 0 Å². The highest BCUT2D eigenvalue weighted by atomic mass is 35.5. The van der Waals surface area contributed by atoms with Gasteiger partial charge in [0, 0.05) is 24.2 Å². The van der Waals surface area contributed by atoms with Crippen LogP contribution < -0.4 is 4.74 Å². The highest BCUT2D eigenvalue weighted by Crippen LogP contribution is 2.34. The van der Waals surface area contributed by atoms with Crippen LogP contribution >= 0.6 is 11.6 Å². The second kappa shape index (κ2) is 6.79. The predicted octanol–water partition coefficient (Wildman–Crippen LogP) is 4.78. The Bertz CT molecular complexity index is 828. The molecule has 8 heteroatoms. The van der Waals surface area contributed by atoms with Crippen molar-refractivity contribution in [3.63, 3.8) is 0 Å². The topological polar surface area (TPSA) is 42.4 Å². The van der Waals surface area contributed by atoms with Gasteiger partial charge in [-0.15, -0.1) is 0 Å². The lowest BCUT2D eigenvalue weighted by atomic mass is 10.1. The zero-order valence-corrected chi connectivity index (χ0v) is 14.8. The Morgan fingerprint density at radius 2 is 1.92 bits per heavy atom. The van der Waals surface area contributed by atoms with Crippen molar-refractivity contribution in [3.8, 4) is 5.75 Å². The maximum atomic E-state index is 13.6. The van der Waals surface area contributed by atoms with E-state index in [4.69, 9.17) is 11.6 Å². The third kappa shape index (κ3) is 3.35. The van der Waals surface area contributed by atoms with Crippen molar-refractivity contribution in [2.24, 2.45) is 0 Å². The van der Waals surface area contributed by atoms with Crippen molar-refractivity contribution in [1.82, 2.24) is 9.88 Å². The summed E-state index contributed by atoms with van der Waals surface area (Å²) in [6.07, 6.45) is -1.78. The van der Waals surface area contributed by atoms with Gasteiger partial charge in [0.2, 0.25) is 0 Å². The van der Waals surface area contributed by atoms with Crippen LogP contribution in [0.1, 0.15) is 41.4 Å². The number of benzene rings is 1. The van der Waals surface area contributed by atoms with E-state index in [0.29, 0.717) is 29.7 Å². The molecule has 1 amide bonds. The number of halogens is 4. The third-order valence-corrected chi connectivity index (χ3v) is 4.69. The van der Waals surface area contributed by atoms with Gasteiger partial charge in [0.15, 0.2) is 0 Å². The molecular weight excluding hydrogens is 369 g/mol. The summed E-state index contributed by atoms with van der Waals surface area (Å²) >= 11 is 6.06. The predicted molar refractivity (Wildman–Crippen MR) is 90.1 cm³/mol. The number of alkyl halides is 3. The van der Waals surface area contributed by atoms with Crippen LogP contribution in [0.4, 0.5) is 13.2 Å². The molecule has 2 atom stereocenters. The van der Waals surface area contributed by atoms with E-state index in [-0.39, 0.29) is 17.7 Å². The van der Waals surface area contributed by atoms with Crippen LogP contribution in [0.15, 0.2) is 36.5 Å². The Morgan fingerprint density at radius 1 is 1.27 bits per heavy atom. The molecule has 0 radical (unpaired) electrons. The lowest BCUT2D eigenvalue weighted by molar-refractivity contribution is -0.152. The van der Waals surface area contributed by atoms with Crippen molar-refractivity contribution in [2.75, 3.05) is 0 Å². The Balaban J connectivity index is 1.76. The summed E-state index contributed by atoms with van der Waals surface area (Å²) in [7, 11) is 0. The van der Waals surface area contributed by atoms with E-state index in [0.717, 1.165) is 5.56 Å². The lowest BCUT2D eigenvalue weighted by Gasteiger charge is -2.25. The van der Waals surface area contributed by atoms with E-state index in [9.17, 15) is 18.0 Å². The maximum Gasteiger partial charge on any atom is 0.306 e. The summed E-state index contributed by atoms with van der Waals surface area (Å²) in [4.78, 5) is 18.2. The SMILES string of the molecule is CC(c1ccc(OC(C)(F)C(F)F)cc1)N1Cc2c(ccnc2Cl)C1=O. The first-order chi connectivity index (χ1) is 12.2. The number of carbonyl (C=O) groups is 1. The van der Waals surface area contributed by atoms with Gasteiger partial charge in [0.25, 0.3) is 5.91 Å². The molecule has 0 aliphatic carbocycles. The minimum absolute atomic E-state index is 0.0190. The van der Waals surface area contributed by atoms with Crippen LogP contribution in [0, 0.1) is 0 Å². The first-order valence-corrected chi connectivity index (χ1v) is 8.29. The van der Waals surface area contributed by atoms with Crippen molar-refractivity contribution in [2.45, 2.75) is 38.7 Å². The van der Waals surface area contributed by atoms with E-state index in [1.54, 1.807) is 23.1 Å². The number of ether oxygens (including phenoxy) is 1. The van der Waals surface area contributed by atoms with Crippen LogP contribution in [0.3, 0.4) is 0 Å². The second-order valence-electron chi connectivity index (χ2n) is 6.19. The monoisotopic (exact) mass is 384 g/mol. The second-order valence-corrected chi connectivity index (χ2v) is 6.55. The normalized spacial score (nSPS) is 17.2. The first-order valence-electron chi connectivity index (χ1n) is 7.91. The molecule has 1 aromatic carbocycles. The summed E-state index contributed by atoms with van der Waals surface area (Å²) in [6, 6.07) is 7.34. The van der Waals surface area contributed by atoms with E-state index >= 15 is 0 Å². The first kappa shape index (κ1) is 18.5. The number of aromatic nitrogens is 1. The quantitative estimate of drug-likeness (QED) is 0.696. The summed E-state index contributed by atoms with van der Waals surface area (Å²) in [6.45, 7) is 2.83. The van der Waals surface area contributed by atoms with Gasteiger partial charge in [-0.05, 0) is 30.7 Å². The maximum absolute atomic E-state index is 13.6. The van der Waals surface area contributed by atoms with Gasteiger partial charge in [-0.1, -0.05) is 23.7 Å². The van der Waals surface area contributed by atoms with Crippen molar-refractivity contribution < 1.29 is 22.7 Å². The van der Waals surface area contributed by atoms with Gasteiger partial charge < -0.3 is 9.64 Å². The zero-order chi connectivity index (χ0) is 19.1. The Morgan fingerprint density at radius 3 is 2.50 bits per heavy atom. The molecule has 2 aromatic rings. The van der Waals surface area contributed by atoms with E-state index in [1.807, 2.05) is 6.92 Å². The van der Waals surface area contributed by atoms with Crippen molar-refractivity contribution >= 4 is 17.5 Å². The molecule has 0 spiro atoms. The average molecular weight is 385 g/mol. The number of rotatable bonds is 5. The standard InChI is InChI=1S/C18H16ClF3N2O2/c1-10(24-9-14-13(16(24)25)7-8-23-15(14)19)11-3-5-12(6-4-11)26-18(2,22)17(20)21/h3-8,10,17H,9H2,1-2H3. The number of nitrogens with zero attached hydrogens (tertiary/aromatic N) is 2. The van der Waals surface area contributed by atoms with Crippen LogP contribution in [0.25, 0.3) is 0 Å². The van der Waals surface area contributed by atoms with Crippen LogP contribution in [0.2, 0.25) is 5.15 Å². The van der Waals surface area contributed by atoms with Crippen LogP contribution in [0.5, 0.6) is 5.75 Å². The third-order valence-electron chi connectivity index (χ3n) is 4.36. The molecule has 0 fully saturated rings. The molecule has 2 heterocycles. The van der Waals surface area contributed by atoms with E-state index < -0.39 is 12.3 Å². The van der Waals surface area contributed by atoms with Gasteiger partial charge in [0.1, 0.15) is 10.9 Å². The van der Waals surface area contributed by atoms with Gasteiger partial charge in [-0.3, -0.25) is 4.79 Å². The molecule has 0 saturated carbocycles. The highest BCUT2D eigenvalue weighted by molar-refractivity contribution is 6.30. The molecule has 1 aliphatic rings. The van der Waals surface area contributed by atoms with Crippen LogP contribution in [-0.4, -0.2) is 28.1 Å². The van der Waals surface area contributed by atoms with Gasteiger partial charge >= 0.3 is 12.3 Å². The molecular formula is C18H16ClF3N2O2. The Kier molecular flexibility index (Phi) is 4.84. The largest absolute Gasteiger partial charge is 0.453 e. The molecule has 0 saturated heterocycles. The Hall–Kier alpha value is -2.28. The summed E-state index contributed by atoms with van der Waals surface area (Å²) in [5, 5.41) is 0.295. The number of hydrogen-bond acceptors (Lipinski definition) is 3. The molecule has 4 nitrogen and oxygen atoms in total. The van der Waals surface area contributed by atoms with Crippen LogP contribution in [-0.2, 0) is 6.54 Å². The van der Waals surface area contributed by atoms with E-state index in [1.165, 1.54) is 18.3 Å². The summed E-state index contributed by atoms with van der Waals surface area (Å²) < 4.78 is 43.4. The molecule has 2 unspecified atom stereocenters. The zero-order valence-electron chi connectivity index (χ0n) is 14.0. The average Bonchev–Trinajstić information content (AvgIpc) is 2.93. The molecule has 0 N–H and O–H groups in total. The fourth-order valence-electron chi connectivity index (χ4n) is 2.80. The van der Waals surface area contributed by atoms with E-state index in [2.05, 4.69) is 9.72 Å². The summed E-state index contributed by atoms with van der Waals surface area (Å²) in [5.74, 6) is -3.25. The molecule has 1 aromatic heterocycles. The number of hydrogen-bond donors (Lipinski definition) is 0. The minimum atomic E-state index is -3.26. The molecule has 0 bridgehead atoms. The van der Waals surface area contributed by atoms with Gasteiger partial charge in [0.05, 0.1) is 12.6 Å². The van der Waals surface area contributed by atoms with Crippen molar-refractivity contribution in [3.05, 3.63) is 58.4 Å². The fourth-order valence-corrected chi connectivity index (χ4v) is 3.01.